The summed E-state index contributed by atoms with van der Waals surface area (Å²) >= 11 is 14.3. The molecule has 50 heavy (non-hydrogen) atoms. The van der Waals surface area contributed by atoms with Crippen LogP contribution in [0.4, 0.5) is 0 Å². The van der Waals surface area contributed by atoms with Crippen LogP contribution in [-0.2, 0) is 22.6 Å². The molecule has 10 nitrogen and oxygen atoms in total. The molecule has 8 rings (SSSR count). The molecular weight excluding hydrogens is 677 g/mol. The highest BCUT2D eigenvalue weighted by Gasteiger charge is 2.47. The fraction of sp³-hybridized carbons (Fsp3) is 0.368. The maximum absolute atomic E-state index is 11.7. The van der Waals surface area contributed by atoms with Crippen molar-refractivity contribution < 1.29 is 24.2 Å². The number of fused-ring (bicyclic) bond motifs is 1. The number of benzene rings is 3. The van der Waals surface area contributed by atoms with E-state index in [-0.39, 0.29) is 23.4 Å². The summed E-state index contributed by atoms with van der Waals surface area (Å²) in [6.07, 6.45) is 4.97. The zero-order valence-electron chi connectivity index (χ0n) is 27.8. The number of methoxy groups -OCH3 is 2. The topological polar surface area (TPSA) is 117 Å². The first-order valence-electron chi connectivity index (χ1n) is 16.9. The lowest BCUT2D eigenvalue weighted by molar-refractivity contribution is -0.148. The van der Waals surface area contributed by atoms with Gasteiger partial charge in [-0.25, -0.2) is 4.98 Å². The fourth-order valence-electron chi connectivity index (χ4n) is 8.16. The van der Waals surface area contributed by atoms with Crippen molar-refractivity contribution in [3.05, 3.63) is 81.6 Å². The number of aryl methyl sites for hydroxylation is 1. The standard InChI is InChI=1S/C38H37Cl2N5O5/c1-49-31-14-22(13-21-9-10-30(33(21)31)45-16-23(17-45)37(47)48)24-5-3-6-25(34(24)39)26-7-4-8-27(35(26)40)28-15-41-29(36(42-28)50-2)18-44-19-38(20-44)12-11-32(46)43-38/h3-8,13-15,23,30H,9-12,16-20H2,1-2H3,(H,43,46)(H,47,48)/t30-/m1/s1. The summed E-state index contributed by atoms with van der Waals surface area (Å²) in [6.45, 7) is 3.25. The normalized spacial score (nSPS) is 19.9. The molecule has 2 N–H and O–H groups in total. The number of carbonyl (C=O) groups excluding carboxylic acids is 1. The number of nitrogens with one attached hydrogen (secondary N) is 1. The first-order valence-corrected chi connectivity index (χ1v) is 17.6. The number of halogens is 2. The Morgan fingerprint density at radius 2 is 1.70 bits per heavy atom. The van der Waals surface area contributed by atoms with Gasteiger partial charge in [0.25, 0.3) is 0 Å². The molecule has 0 unspecified atom stereocenters. The Bertz CT molecular complexity index is 2030. The van der Waals surface area contributed by atoms with Gasteiger partial charge in [0.05, 0.1) is 47.6 Å². The van der Waals surface area contributed by atoms with Crippen LogP contribution >= 0.6 is 23.2 Å². The van der Waals surface area contributed by atoms with Gasteiger partial charge >= 0.3 is 5.97 Å². The first-order chi connectivity index (χ1) is 24.2. The molecule has 1 atom stereocenters. The van der Waals surface area contributed by atoms with Crippen molar-refractivity contribution >= 4 is 35.1 Å². The van der Waals surface area contributed by atoms with Crippen molar-refractivity contribution in [2.75, 3.05) is 40.4 Å². The summed E-state index contributed by atoms with van der Waals surface area (Å²) in [4.78, 5) is 37.2. The van der Waals surface area contributed by atoms with Gasteiger partial charge in [0, 0.05) is 73.0 Å². The Morgan fingerprint density at radius 3 is 2.36 bits per heavy atom. The summed E-state index contributed by atoms with van der Waals surface area (Å²) < 4.78 is 11.6. The Morgan fingerprint density at radius 1 is 1.00 bits per heavy atom. The maximum atomic E-state index is 11.7. The highest BCUT2D eigenvalue weighted by Crippen LogP contribution is 2.48. The molecule has 0 radical (unpaired) electrons. The van der Waals surface area contributed by atoms with E-state index in [1.807, 2.05) is 42.5 Å². The van der Waals surface area contributed by atoms with Crippen molar-refractivity contribution in [3.8, 4) is 45.1 Å². The number of hydrogen-bond acceptors (Lipinski definition) is 8. The number of amides is 1. The number of carbonyl (C=O) groups is 2. The third-order valence-corrected chi connectivity index (χ3v) is 11.5. The SMILES string of the molecule is COc1cc(-c2cccc(-c3cccc(-c4cnc(CN5CC6(CCC(=O)N6)C5)c(OC)n4)c3Cl)c2Cl)cc2c1[C@H](N1CC(C(=O)O)C1)CC2. The maximum Gasteiger partial charge on any atom is 0.309 e. The molecule has 1 spiro atoms. The molecule has 4 heterocycles. The van der Waals surface area contributed by atoms with E-state index < -0.39 is 5.97 Å². The highest BCUT2D eigenvalue weighted by molar-refractivity contribution is 6.39. The molecule has 4 aromatic rings. The smallest absolute Gasteiger partial charge is 0.309 e. The van der Waals surface area contributed by atoms with Crippen LogP contribution in [0.3, 0.4) is 0 Å². The van der Waals surface area contributed by atoms with E-state index in [0.29, 0.717) is 53.2 Å². The van der Waals surface area contributed by atoms with Crippen LogP contribution < -0.4 is 14.8 Å². The largest absolute Gasteiger partial charge is 0.496 e. The monoisotopic (exact) mass is 713 g/mol. The van der Waals surface area contributed by atoms with E-state index in [4.69, 9.17) is 42.6 Å². The zero-order valence-corrected chi connectivity index (χ0v) is 29.4. The number of likely N-dealkylation sites (tertiary alicyclic amines) is 2. The van der Waals surface area contributed by atoms with Gasteiger partial charge in [0.15, 0.2) is 0 Å². The second-order valence-electron chi connectivity index (χ2n) is 13.8. The summed E-state index contributed by atoms with van der Waals surface area (Å²) in [5.74, 6) is 0.301. The van der Waals surface area contributed by atoms with Crippen LogP contribution in [0.25, 0.3) is 33.5 Å². The van der Waals surface area contributed by atoms with E-state index in [2.05, 4.69) is 21.2 Å². The molecule has 12 heteroatoms. The van der Waals surface area contributed by atoms with Crippen LogP contribution in [0.2, 0.25) is 10.0 Å². The van der Waals surface area contributed by atoms with Crippen LogP contribution in [0.15, 0.2) is 54.7 Å². The molecule has 1 amide bonds. The van der Waals surface area contributed by atoms with Crippen molar-refractivity contribution in [1.82, 2.24) is 25.1 Å². The van der Waals surface area contributed by atoms with E-state index in [1.165, 1.54) is 5.56 Å². The Kier molecular flexibility index (Phi) is 8.46. The van der Waals surface area contributed by atoms with Gasteiger partial charge in [-0.2, -0.15) is 0 Å². The number of rotatable bonds is 9. The lowest BCUT2D eigenvalue weighted by atomic mass is 9.88. The molecule has 4 aliphatic rings. The lowest BCUT2D eigenvalue weighted by Gasteiger charge is -2.47. The average Bonchev–Trinajstić information content (AvgIpc) is 3.68. The minimum absolute atomic E-state index is 0.108. The van der Waals surface area contributed by atoms with Crippen molar-refractivity contribution in [1.29, 1.82) is 0 Å². The fourth-order valence-corrected chi connectivity index (χ4v) is 8.82. The molecule has 3 fully saturated rings. The molecule has 0 bridgehead atoms. The van der Waals surface area contributed by atoms with Gasteiger partial charge in [0.1, 0.15) is 11.4 Å². The summed E-state index contributed by atoms with van der Waals surface area (Å²) in [5.41, 5.74) is 7.61. The molecule has 258 valence electrons. The predicted octanol–water partition coefficient (Wildman–Crippen LogP) is 6.27. The van der Waals surface area contributed by atoms with Crippen molar-refractivity contribution in [3.63, 3.8) is 0 Å². The van der Waals surface area contributed by atoms with Gasteiger partial charge < -0.3 is 19.9 Å². The molecule has 3 aromatic carbocycles. The number of carboxylic acids is 1. The van der Waals surface area contributed by atoms with Gasteiger partial charge in [-0.3, -0.25) is 24.4 Å². The lowest BCUT2D eigenvalue weighted by Crippen LogP contribution is -2.66. The van der Waals surface area contributed by atoms with Gasteiger partial charge in [-0.1, -0.05) is 65.7 Å². The Labute approximate surface area is 300 Å². The number of carboxylic acid groups (broad SMARTS) is 1. The molecule has 0 saturated carbocycles. The first kappa shape index (κ1) is 33.0. The Hall–Kier alpha value is -4.22. The molecule has 3 saturated heterocycles. The average molecular weight is 715 g/mol. The summed E-state index contributed by atoms with van der Waals surface area (Å²) in [7, 11) is 3.26. The number of ether oxygens (including phenoxy) is 2. The van der Waals surface area contributed by atoms with Crippen LogP contribution in [0, 0.1) is 5.92 Å². The number of aromatic nitrogens is 2. The predicted molar refractivity (Wildman–Crippen MR) is 191 cm³/mol. The van der Waals surface area contributed by atoms with E-state index in [9.17, 15) is 14.7 Å². The Balaban J connectivity index is 1.06. The third kappa shape index (κ3) is 5.68. The van der Waals surface area contributed by atoms with Crippen LogP contribution in [0.1, 0.15) is 42.1 Å². The second kappa shape index (κ2) is 12.8. The van der Waals surface area contributed by atoms with Gasteiger partial charge in [-0.05, 0) is 36.5 Å². The van der Waals surface area contributed by atoms with Crippen molar-refractivity contribution in [2.24, 2.45) is 5.92 Å². The zero-order chi connectivity index (χ0) is 34.7. The summed E-state index contributed by atoms with van der Waals surface area (Å²) in [5, 5.41) is 13.6. The van der Waals surface area contributed by atoms with Gasteiger partial charge in [-0.15, -0.1) is 0 Å². The minimum atomic E-state index is -0.735. The number of hydrogen-bond donors (Lipinski definition) is 2. The molecule has 3 aliphatic heterocycles. The van der Waals surface area contributed by atoms with Crippen LogP contribution in [0.5, 0.6) is 11.6 Å². The third-order valence-electron chi connectivity index (χ3n) is 10.7. The quantitative estimate of drug-likeness (QED) is 0.207. The number of nitrogens with zero attached hydrogens (tertiary/aromatic N) is 4. The highest BCUT2D eigenvalue weighted by atomic mass is 35.5. The minimum Gasteiger partial charge on any atom is -0.496 e. The second-order valence-corrected chi connectivity index (χ2v) is 14.6. The number of aliphatic carboxylic acids is 1. The molecule has 1 aromatic heterocycles. The summed E-state index contributed by atoms with van der Waals surface area (Å²) in [6, 6.07) is 16.1. The van der Waals surface area contributed by atoms with E-state index in [1.54, 1.807) is 20.4 Å². The van der Waals surface area contributed by atoms with Crippen LogP contribution in [-0.4, -0.2) is 82.7 Å². The van der Waals surface area contributed by atoms with E-state index in [0.717, 1.165) is 71.6 Å². The van der Waals surface area contributed by atoms with Crippen molar-refractivity contribution in [2.45, 2.75) is 43.8 Å². The molecular formula is C38H37Cl2N5O5. The van der Waals surface area contributed by atoms with E-state index >= 15 is 0 Å². The van der Waals surface area contributed by atoms with Gasteiger partial charge in [0.2, 0.25) is 11.8 Å². The molecule has 1 aliphatic carbocycles.